The van der Waals surface area contributed by atoms with Crippen molar-refractivity contribution in [3.63, 3.8) is 0 Å². The van der Waals surface area contributed by atoms with Gasteiger partial charge < -0.3 is 9.25 Å². The number of hydrogen-bond acceptors (Lipinski definition) is 6. The third-order valence-electron chi connectivity index (χ3n) is 5.41. The van der Waals surface area contributed by atoms with Crippen molar-refractivity contribution in [2.45, 2.75) is 64.2 Å². The van der Waals surface area contributed by atoms with Crippen LogP contribution in [0.5, 0.6) is 6.01 Å². The minimum absolute atomic E-state index is 0.0173. The summed E-state index contributed by atoms with van der Waals surface area (Å²) in [6.45, 7) is 0. The summed E-state index contributed by atoms with van der Waals surface area (Å²) in [5.74, 6) is 0.693. The van der Waals surface area contributed by atoms with Crippen molar-refractivity contribution in [2.75, 3.05) is 0 Å². The predicted octanol–water partition coefficient (Wildman–Crippen LogP) is 3.31. The number of rotatable bonds is 5. The van der Waals surface area contributed by atoms with Crippen molar-refractivity contribution >= 4 is 16.8 Å². The third-order valence-corrected chi connectivity index (χ3v) is 5.41. The Kier molecular flexibility index (Phi) is 4.86. The first kappa shape index (κ1) is 17.0. The number of aromatic nitrogens is 2. The van der Waals surface area contributed by atoms with E-state index in [1.54, 1.807) is 0 Å². The molecule has 1 N–H and O–H groups in total. The second-order valence-electron chi connectivity index (χ2n) is 7.29. The Bertz CT molecular complexity index is 932. The number of fused-ring (bicyclic) bond motifs is 1. The van der Waals surface area contributed by atoms with Gasteiger partial charge in [-0.25, -0.2) is 4.79 Å². The fraction of sp³-hybridized carbons (Fsp3) is 0.579. The maximum Gasteiger partial charge on any atom is 0.337 e. The molecule has 0 amide bonds. The van der Waals surface area contributed by atoms with E-state index in [2.05, 4.69) is 15.1 Å². The van der Waals surface area contributed by atoms with Gasteiger partial charge in [-0.05, 0) is 50.0 Å². The minimum atomic E-state index is -0.497. The van der Waals surface area contributed by atoms with Gasteiger partial charge in [-0.1, -0.05) is 30.8 Å². The van der Waals surface area contributed by atoms with Crippen molar-refractivity contribution in [1.82, 2.24) is 9.97 Å². The molecule has 0 spiro atoms. The van der Waals surface area contributed by atoms with E-state index in [0.29, 0.717) is 23.3 Å². The molecule has 2 aromatic rings. The molecule has 0 bridgehead atoms. The lowest BCUT2D eigenvalue weighted by molar-refractivity contribution is 0.296. The molecule has 2 aliphatic rings. The van der Waals surface area contributed by atoms with E-state index in [1.807, 2.05) is 0 Å². The maximum absolute atomic E-state index is 12.5. The molecule has 26 heavy (non-hydrogen) atoms. The number of aromatic amines is 1. The molecule has 7 nitrogen and oxygen atoms in total. The smallest absolute Gasteiger partial charge is 0.337 e. The Morgan fingerprint density at radius 2 is 2.00 bits per heavy atom. The number of oxime groups is 1. The van der Waals surface area contributed by atoms with Crippen molar-refractivity contribution in [3.8, 4) is 6.01 Å². The molecule has 0 aromatic carbocycles. The summed E-state index contributed by atoms with van der Waals surface area (Å²) < 4.78 is 5.15. The van der Waals surface area contributed by atoms with E-state index in [-0.39, 0.29) is 17.3 Å². The van der Waals surface area contributed by atoms with E-state index in [9.17, 15) is 9.59 Å². The Morgan fingerprint density at radius 1 is 1.19 bits per heavy atom. The number of aryl methyl sites for hydroxylation is 1. The molecule has 0 radical (unpaired) electrons. The molecule has 0 unspecified atom stereocenters. The van der Waals surface area contributed by atoms with Gasteiger partial charge >= 0.3 is 11.6 Å². The fourth-order valence-corrected chi connectivity index (χ4v) is 3.67. The quantitative estimate of drug-likeness (QED) is 0.828. The SMILES string of the molecule is O=c1cc(CCC2CCC2)c2c(=O)[nH]c(ON=C3CCCCC3)nc2o1. The Labute approximate surface area is 150 Å². The van der Waals surface area contributed by atoms with Crippen LogP contribution in [0.1, 0.15) is 63.4 Å². The van der Waals surface area contributed by atoms with E-state index in [1.165, 1.54) is 31.7 Å². The van der Waals surface area contributed by atoms with Gasteiger partial charge in [-0.2, -0.15) is 4.98 Å². The summed E-state index contributed by atoms with van der Waals surface area (Å²) in [7, 11) is 0. The van der Waals surface area contributed by atoms with Gasteiger partial charge in [0.2, 0.25) is 5.71 Å². The molecule has 7 heteroatoms. The summed E-state index contributed by atoms with van der Waals surface area (Å²) in [4.78, 5) is 36.5. The fourth-order valence-electron chi connectivity index (χ4n) is 3.67. The van der Waals surface area contributed by atoms with E-state index in [0.717, 1.165) is 37.8 Å². The molecule has 0 saturated heterocycles. The molecule has 2 fully saturated rings. The van der Waals surface area contributed by atoms with Gasteiger partial charge in [-0.3, -0.25) is 9.78 Å². The minimum Gasteiger partial charge on any atom is -0.403 e. The number of H-pyrrole nitrogens is 1. The summed E-state index contributed by atoms with van der Waals surface area (Å²) in [6.07, 6.45) is 10.6. The van der Waals surface area contributed by atoms with Gasteiger partial charge in [0.1, 0.15) is 5.39 Å². The molecule has 2 aliphatic carbocycles. The molecule has 2 heterocycles. The molecular formula is C19H23N3O4. The first-order valence-electron chi connectivity index (χ1n) is 9.49. The molecule has 0 aliphatic heterocycles. The zero-order valence-corrected chi connectivity index (χ0v) is 14.8. The van der Waals surface area contributed by atoms with Crippen molar-refractivity contribution < 1.29 is 9.25 Å². The van der Waals surface area contributed by atoms with Gasteiger partial charge in [0.25, 0.3) is 5.56 Å². The highest BCUT2D eigenvalue weighted by molar-refractivity contribution is 5.84. The van der Waals surface area contributed by atoms with Crippen LogP contribution in [0.4, 0.5) is 0 Å². The number of hydrogen-bond donors (Lipinski definition) is 1. The summed E-state index contributed by atoms with van der Waals surface area (Å²) in [5.41, 5.74) is 0.824. The summed E-state index contributed by atoms with van der Waals surface area (Å²) in [5, 5.41) is 4.42. The summed E-state index contributed by atoms with van der Waals surface area (Å²) >= 11 is 0. The standard InChI is InChI=1S/C19H23N3O4/c23-15-11-13(10-9-12-5-4-6-12)16-17(24)20-19(21-18(16)25-15)26-22-14-7-2-1-3-8-14/h11-12H,1-10H2,(H,20,21,24). The average molecular weight is 357 g/mol. The van der Waals surface area contributed by atoms with Crippen molar-refractivity contribution in [1.29, 1.82) is 0 Å². The molecular weight excluding hydrogens is 334 g/mol. The molecule has 2 aromatic heterocycles. The Morgan fingerprint density at radius 3 is 2.73 bits per heavy atom. The van der Waals surface area contributed by atoms with Crippen LogP contribution in [-0.4, -0.2) is 15.7 Å². The first-order chi connectivity index (χ1) is 12.7. The molecule has 0 atom stereocenters. The Hall–Kier alpha value is -2.44. The zero-order valence-electron chi connectivity index (χ0n) is 14.8. The van der Waals surface area contributed by atoms with E-state index < -0.39 is 5.63 Å². The predicted molar refractivity (Wildman–Crippen MR) is 97.7 cm³/mol. The van der Waals surface area contributed by atoms with Crippen LogP contribution in [0.25, 0.3) is 11.1 Å². The molecule has 2 saturated carbocycles. The second-order valence-corrected chi connectivity index (χ2v) is 7.29. The van der Waals surface area contributed by atoms with Crippen LogP contribution in [-0.2, 0) is 6.42 Å². The summed E-state index contributed by atoms with van der Waals surface area (Å²) in [6, 6.07) is 1.36. The highest BCUT2D eigenvalue weighted by Crippen LogP contribution is 2.31. The second kappa shape index (κ2) is 7.43. The van der Waals surface area contributed by atoms with Crippen LogP contribution < -0.4 is 16.0 Å². The van der Waals surface area contributed by atoms with Crippen molar-refractivity contribution in [3.05, 3.63) is 32.4 Å². The van der Waals surface area contributed by atoms with Crippen LogP contribution in [0, 0.1) is 5.92 Å². The maximum atomic E-state index is 12.5. The highest BCUT2D eigenvalue weighted by atomic mass is 16.6. The van der Waals surface area contributed by atoms with Gasteiger partial charge in [-0.15, -0.1) is 0 Å². The van der Waals surface area contributed by atoms with E-state index >= 15 is 0 Å². The number of nitrogens with one attached hydrogen (secondary N) is 1. The van der Waals surface area contributed by atoms with Crippen LogP contribution in [0.2, 0.25) is 0 Å². The lowest BCUT2D eigenvalue weighted by atomic mass is 9.81. The van der Waals surface area contributed by atoms with Crippen molar-refractivity contribution in [2.24, 2.45) is 11.1 Å². The highest BCUT2D eigenvalue weighted by Gasteiger charge is 2.19. The topological polar surface area (TPSA) is 97.5 Å². The normalized spacial score (nSPS) is 17.9. The molecule has 138 valence electrons. The largest absolute Gasteiger partial charge is 0.403 e. The zero-order chi connectivity index (χ0) is 17.9. The molecule has 4 rings (SSSR count). The Balaban J connectivity index is 1.61. The number of nitrogens with zero attached hydrogens (tertiary/aromatic N) is 2. The van der Waals surface area contributed by atoms with Gasteiger partial charge in [0.05, 0.1) is 5.71 Å². The van der Waals surface area contributed by atoms with Crippen LogP contribution in [0.3, 0.4) is 0 Å². The van der Waals surface area contributed by atoms with Crippen LogP contribution in [0.15, 0.2) is 25.2 Å². The lowest BCUT2D eigenvalue weighted by Crippen LogP contribution is -2.17. The third kappa shape index (κ3) is 3.71. The average Bonchev–Trinajstić information content (AvgIpc) is 2.59. The monoisotopic (exact) mass is 357 g/mol. The van der Waals surface area contributed by atoms with Gasteiger partial charge in [0.15, 0.2) is 0 Å². The lowest BCUT2D eigenvalue weighted by Gasteiger charge is -2.25. The first-order valence-corrected chi connectivity index (χ1v) is 9.49. The van der Waals surface area contributed by atoms with Gasteiger partial charge in [0, 0.05) is 6.07 Å². The van der Waals surface area contributed by atoms with E-state index in [4.69, 9.17) is 9.25 Å². The van der Waals surface area contributed by atoms with Crippen LogP contribution >= 0.6 is 0 Å².